The van der Waals surface area contributed by atoms with Crippen LogP contribution in [0.3, 0.4) is 0 Å². The third-order valence-corrected chi connectivity index (χ3v) is 6.11. The molecule has 4 aromatic carbocycles. The molecule has 7 heteroatoms. The fourth-order valence-electron chi connectivity index (χ4n) is 4.42. The number of urea groups is 1. The number of nitrogens with one attached hydrogen (secondary N) is 2. The third kappa shape index (κ3) is 4.44. The number of imide groups is 1. The van der Waals surface area contributed by atoms with Crippen molar-refractivity contribution >= 4 is 40.0 Å². The van der Waals surface area contributed by atoms with Crippen molar-refractivity contribution in [3.63, 3.8) is 0 Å². The lowest BCUT2D eigenvalue weighted by Crippen LogP contribution is -2.41. The van der Waals surface area contributed by atoms with Crippen LogP contribution in [0, 0.1) is 0 Å². The summed E-state index contributed by atoms with van der Waals surface area (Å²) in [6, 6.07) is 25.9. The van der Waals surface area contributed by atoms with Crippen molar-refractivity contribution in [2.24, 2.45) is 5.73 Å². The number of hydrogen-bond acceptors (Lipinski definition) is 4. The topological polar surface area (TPSA) is 105 Å². The largest absolute Gasteiger partial charge is 0.385 e. The van der Waals surface area contributed by atoms with Crippen LogP contribution in [0.25, 0.3) is 21.9 Å². The monoisotopic (exact) mass is 464 g/mol. The molecule has 0 saturated carbocycles. The molecule has 0 spiro atoms. The molecule has 0 aromatic heterocycles. The molecule has 5 rings (SSSR count). The minimum Gasteiger partial charge on any atom is -0.385 e. The number of primary amides is 1. The first-order valence-corrected chi connectivity index (χ1v) is 11.4. The Balaban J connectivity index is 1.18. The highest BCUT2D eigenvalue weighted by Crippen LogP contribution is 2.30. The Labute approximate surface area is 202 Å². The predicted octanol–water partition coefficient (Wildman–Crippen LogP) is 5.10. The number of amides is 4. The van der Waals surface area contributed by atoms with E-state index in [1.165, 1.54) is 4.90 Å². The van der Waals surface area contributed by atoms with Crippen LogP contribution in [0.4, 0.5) is 16.2 Å². The van der Waals surface area contributed by atoms with E-state index in [1.807, 2.05) is 60.7 Å². The Kier molecular flexibility index (Phi) is 5.89. The van der Waals surface area contributed by atoms with Crippen LogP contribution in [-0.2, 0) is 0 Å². The number of nitrogens with zero attached hydrogens (tertiary/aromatic N) is 1. The number of carbonyl (C=O) groups is 3. The molecule has 0 atom stereocenters. The maximum absolute atomic E-state index is 13.0. The second kappa shape index (κ2) is 9.30. The van der Waals surface area contributed by atoms with Crippen molar-refractivity contribution in [2.45, 2.75) is 6.42 Å². The van der Waals surface area contributed by atoms with Crippen molar-refractivity contribution in [1.82, 2.24) is 4.90 Å². The average molecular weight is 465 g/mol. The number of carbonyl (C=O) groups excluding carboxylic acids is 3. The molecule has 4 N–H and O–H groups in total. The second-order valence-corrected chi connectivity index (χ2v) is 8.40. The summed E-state index contributed by atoms with van der Waals surface area (Å²) in [5.41, 5.74) is 9.96. The molecule has 1 aliphatic heterocycles. The molecule has 7 nitrogen and oxygen atoms in total. The molecular weight excluding hydrogens is 440 g/mol. The molecule has 0 unspecified atom stereocenters. The standard InChI is InChI=1S/C28H24N4O3/c29-28(35)31-22-14-10-19(11-15-22)18-8-12-21(13-9-18)30-16-3-17-32-26(33)23-6-1-4-20-5-2-7-24(25(20)23)27(32)34/h1-2,4-15,30H,3,16-17H2,(H3,29,31,35). The average Bonchev–Trinajstić information content (AvgIpc) is 2.87. The number of anilines is 2. The van der Waals surface area contributed by atoms with Crippen LogP contribution in [0.2, 0.25) is 0 Å². The van der Waals surface area contributed by atoms with Gasteiger partial charge in [-0.05, 0) is 59.3 Å². The summed E-state index contributed by atoms with van der Waals surface area (Å²) in [6.45, 7) is 0.967. The highest BCUT2D eigenvalue weighted by atomic mass is 16.2. The molecule has 4 aromatic rings. The third-order valence-electron chi connectivity index (χ3n) is 6.11. The van der Waals surface area contributed by atoms with Crippen LogP contribution in [0.1, 0.15) is 27.1 Å². The molecule has 0 fully saturated rings. The lowest BCUT2D eigenvalue weighted by atomic mass is 9.94. The van der Waals surface area contributed by atoms with Gasteiger partial charge in [0, 0.05) is 41.0 Å². The van der Waals surface area contributed by atoms with Crippen molar-refractivity contribution in [1.29, 1.82) is 0 Å². The van der Waals surface area contributed by atoms with Crippen LogP contribution in [0.15, 0.2) is 84.9 Å². The predicted molar refractivity (Wildman–Crippen MR) is 138 cm³/mol. The van der Waals surface area contributed by atoms with Gasteiger partial charge in [-0.15, -0.1) is 0 Å². The number of hydrogen-bond donors (Lipinski definition) is 3. The summed E-state index contributed by atoms with van der Waals surface area (Å²) in [5.74, 6) is -0.471. The molecule has 174 valence electrons. The number of benzene rings is 4. The van der Waals surface area contributed by atoms with Gasteiger partial charge in [0.05, 0.1) is 0 Å². The van der Waals surface area contributed by atoms with Crippen molar-refractivity contribution in [2.75, 3.05) is 23.7 Å². The number of nitrogens with two attached hydrogens (primary N) is 1. The van der Waals surface area contributed by atoms with Gasteiger partial charge >= 0.3 is 6.03 Å². The van der Waals surface area contributed by atoms with Gasteiger partial charge < -0.3 is 16.4 Å². The zero-order valence-electron chi connectivity index (χ0n) is 19.0. The Morgan fingerprint density at radius 3 is 1.83 bits per heavy atom. The second-order valence-electron chi connectivity index (χ2n) is 8.40. The lowest BCUT2D eigenvalue weighted by Gasteiger charge is -2.27. The van der Waals surface area contributed by atoms with Gasteiger partial charge in [-0.3, -0.25) is 14.5 Å². The molecule has 0 bridgehead atoms. The van der Waals surface area contributed by atoms with Crippen LogP contribution < -0.4 is 16.4 Å². The lowest BCUT2D eigenvalue weighted by molar-refractivity contribution is 0.0610. The van der Waals surface area contributed by atoms with E-state index in [2.05, 4.69) is 10.6 Å². The fraction of sp³-hybridized carbons (Fsp3) is 0.107. The zero-order chi connectivity index (χ0) is 24.4. The zero-order valence-corrected chi connectivity index (χ0v) is 19.0. The van der Waals surface area contributed by atoms with Crippen molar-refractivity contribution in [3.8, 4) is 11.1 Å². The molecule has 4 amide bonds. The van der Waals surface area contributed by atoms with E-state index in [-0.39, 0.29) is 11.8 Å². The van der Waals surface area contributed by atoms with Crippen LogP contribution in [0.5, 0.6) is 0 Å². The first kappa shape index (κ1) is 22.2. The van der Waals surface area contributed by atoms with Gasteiger partial charge in [0.2, 0.25) is 0 Å². The molecular formula is C28H24N4O3. The molecule has 1 heterocycles. The molecule has 1 aliphatic rings. The smallest absolute Gasteiger partial charge is 0.316 e. The SMILES string of the molecule is NC(=O)Nc1ccc(-c2ccc(NCCCN3C(=O)c4cccc5cccc(c45)C3=O)cc2)cc1. The number of rotatable bonds is 7. The maximum atomic E-state index is 13.0. The first-order chi connectivity index (χ1) is 17.0. The highest BCUT2D eigenvalue weighted by Gasteiger charge is 2.32. The van der Waals surface area contributed by atoms with E-state index in [0.29, 0.717) is 36.3 Å². The minimum atomic E-state index is -0.593. The molecule has 35 heavy (non-hydrogen) atoms. The van der Waals surface area contributed by atoms with Crippen LogP contribution >= 0.6 is 0 Å². The summed E-state index contributed by atoms with van der Waals surface area (Å²) in [6.07, 6.45) is 0.631. The van der Waals surface area contributed by atoms with E-state index in [1.54, 1.807) is 24.3 Å². The van der Waals surface area contributed by atoms with Crippen molar-refractivity contribution in [3.05, 3.63) is 96.1 Å². The fourth-order valence-corrected chi connectivity index (χ4v) is 4.42. The molecule has 0 aliphatic carbocycles. The van der Waals surface area contributed by atoms with E-state index >= 15 is 0 Å². The Bertz CT molecular complexity index is 1380. The molecule has 0 radical (unpaired) electrons. The van der Waals surface area contributed by atoms with Gasteiger partial charge in [0.1, 0.15) is 0 Å². The Hall–Kier alpha value is -4.65. The summed E-state index contributed by atoms with van der Waals surface area (Å²) in [7, 11) is 0. The highest BCUT2D eigenvalue weighted by molar-refractivity contribution is 6.25. The Morgan fingerprint density at radius 1 is 0.743 bits per heavy atom. The summed E-state index contributed by atoms with van der Waals surface area (Å²) < 4.78 is 0. The van der Waals surface area contributed by atoms with Gasteiger partial charge in [0.25, 0.3) is 11.8 Å². The van der Waals surface area contributed by atoms with Gasteiger partial charge in [-0.25, -0.2) is 4.79 Å². The summed E-state index contributed by atoms with van der Waals surface area (Å²) >= 11 is 0. The quantitative estimate of drug-likeness (QED) is 0.262. The normalized spacial score (nSPS) is 12.6. The van der Waals surface area contributed by atoms with Gasteiger partial charge in [-0.2, -0.15) is 0 Å². The first-order valence-electron chi connectivity index (χ1n) is 11.4. The van der Waals surface area contributed by atoms with E-state index < -0.39 is 6.03 Å². The van der Waals surface area contributed by atoms with Crippen LogP contribution in [-0.4, -0.2) is 35.8 Å². The molecule has 0 saturated heterocycles. The van der Waals surface area contributed by atoms with Gasteiger partial charge in [0.15, 0.2) is 0 Å². The van der Waals surface area contributed by atoms with Crippen molar-refractivity contribution < 1.29 is 14.4 Å². The van der Waals surface area contributed by atoms with E-state index in [0.717, 1.165) is 27.6 Å². The Morgan fingerprint density at radius 2 is 1.29 bits per heavy atom. The maximum Gasteiger partial charge on any atom is 0.316 e. The summed E-state index contributed by atoms with van der Waals surface area (Å²) in [5, 5.41) is 7.55. The van der Waals surface area contributed by atoms with E-state index in [9.17, 15) is 14.4 Å². The van der Waals surface area contributed by atoms with Gasteiger partial charge in [-0.1, -0.05) is 48.5 Å². The van der Waals surface area contributed by atoms with E-state index in [4.69, 9.17) is 5.73 Å². The summed E-state index contributed by atoms with van der Waals surface area (Å²) in [4.78, 5) is 38.3. The minimum absolute atomic E-state index is 0.235.